The number of nitrogens with one attached hydrogen (secondary N) is 1. The Labute approximate surface area is 236 Å². The Morgan fingerprint density at radius 2 is 1.51 bits per heavy atom. The van der Waals surface area contributed by atoms with E-state index in [1.54, 1.807) is 55.5 Å². The molecule has 0 saturated heterocycles. The van der Waals surface area contributed by atoms with E-state index in [1.807, 2.05) is 0 Å². The summed E-state index contributed by atoms with van der Waals surface area (Å²) >= 11 is 0. The van der Waals surface area contributed by atoms with Crippen molar-refractivity contribution >= 4 is 17.9 Å². The average Bonchev–Trinajstić information content (AvgIpc) is 3.01. The molecule has 1 aliphatic carbocycles. The third-order valence-electron chi connectivity index (χ3n) is 6.86. The van der Waals surface area contributed by atoms with E-state index >= 15 is 0 Å². The fourth-order valence-corrected chi connectivity index (χ4v) is 4.64. The Bertz CT molecular complexity index is 1400. The number of aromatic nitrogens is 2. The van der Waals surface area contributed by atoms with Gasteiger partial charge in [0, 0.05) is 6.61 Å². The number of nitrogens with zero attached hydrogens (tertiary/aromatic N) is 1. The van der Waals surface area contributed by atoms with Crippen molar-refractivity contribution < 1.29 is 38.4 Å². The van der Waals surface area contributed by atoms with Gasteiger partial charge in [0.1, 0.15) is 18.0 Å². The lowest BCUT2D eigenvalue weighted by Crippen LogP contribution is -2.40. The second-order valence-corrected chi connectivity index (χ2v) is 9.54. The molecule has 1 aromatic heterocycles. The van der Waals surface area contributed by atoms with Crippen molar-refractivity contribution in [2.45, 2.75) is 38.2 Å². The van der Waals surface area contributed by atoms with Gasteiger partial charge in [0.25, 0.3) is 5.56 Å². The molecule has 2 aromatic carbocycles. The number of carbonyl (C=O) groups is 3. The van der Waals surface area contributed by atoms with Crippen LogP contribution >= 0.6 is 0 Å². The second kappa shape index (κ2) is 13.8. The summed E-state index contributed by atoms with van der Waals surface area (Å²) in [6, 6.07) is 16.5. The van der Waals surface area contributed by atoms with Crippen LogP contribution in [0.25, 0.3) is 0 Å². The van der Waals surface area contributed by atoms with Crippen molar-refractivity contribution in [2.24, 2.45) is 5.92 Å². The Hall–Kier alpha value is -4.35. The van der Waals surface area contributed by atoms with Gasteiger partial charge in [0.05, 0.1) is 24.3 Å². The van der Waals surface area contributed by atoms with E-state index in [-0.39, 0.29) is 43.7 Å². The van der Waals surface area contributed by atoms with Crippen LogP contribution in [0.2, 0.25) is 0 Å². The minimum atomic E-state index is -1.16. The molecular formula is C30H32N2O9. The number of hydrogen-bond acceptors (Lipinski definition) is 10. The summed E-state index contributed by atoms with van der Waals surface area (Å²) in [5.74, 6) is -2.79. The smallest absolute Gasteiger partial charge is 0.361 e. The van der Waals surface area contributed by atoms with E-state index in [0.29, 0.717) is 31.2 Å². The minimum absolute atomic E-state index is 0.00131. The molecule has 1 fully saturated rings. The van der Waals surface area contributed by atoms with Crippen molar-refractivity contribution in [3.63, 3.8) is 0 Å². The molecule has 1 aliphatic rings. The van der Waals surface area contributed by atoms with Crippen LogP contribution < -0.4 is 10.3 Å². The largest absolute Gasteiger partial charge is 0.461 e. The highest BCUT2D eigenvalue weighted by molar-refractivity contribution is 5.94. The molecule has 0 radical (unpaired) electrons. The van der Waals surface area contributed by atoms with Gasteiger partial charge in [-0.2, -0.15) is 0 Å². The lowest BCUT2D eigenvalue weighted by atomic mass is 9.78. The van der Waals surface area contributed by atoms with Gasteiger partial charge in [-0.25, -0.2) is 19.4 Å². The van der Waals surface area contributed by atoms with Crippen molar-refractivity contribution in [1.82, 2.24) is 9.97 Å². The zero-order chi connectivity index (χ0) is 29.2. The molecule has 0 unspecified atom stereocenters. The van der Waals surface area contributed by atoms with Crippen LogP contribution in [-0.4, -0.2) is 59.4 Å². The minimum Gasteiger partial charge on any atom is -0.461 e. The standard InChI is InChI=1S/C30H32N2O9/c1-2-38-28(37)23-24(41-27(36)22-11-7-4-8-12-22)25(34)32-29(31-23)30(15-13-20(19-33)14-16-30)40-18-17-39-26(35)21-9-5-3-6-10-21/h3-12,20,33H,2,13-19H2,1H3,(H,31,32,34). The second-order valence-electron chi connectivity index (χ2n) is 9.54. The first-order valence-corrected chi connectivity index (χ1v) is 13.4. The first kappa shape index (κ1) is 29.6. The molecule has 41 heavy (non-hydrogen) atoms. The van der Waals surface area contributed by atoms with E-state index in [1.165, 1.54) is 12.1 Å². The van der Waals surface area contributed by atoms with Gasteiger partial charge in [-0.05, 0) is 62.8 Å². The molecule has 0 aliphatic heterocycles. The molecule has 0 atom stereocenters. The van der Waals surface area contributed by atoms with Crippen LogP contribution in [0, 0.1) is 5.92 Å². The molecule has 1 heterocycles. The number of ether oxygens (including phenoxy) is 4. The molecule has 1 saturated carbocycles. The topological polar surface area (TPSA) is 154 Å². The maximum absolute atomic E-state index is 13.3. The summed E-state index contributed by atoms with van der Waals surface area (Å²) < 4.78 is 22.0. The predicted octanol–water partition coefficient (Wildman–Crippen LogP) is 3.42. The number of aromatic amines is 1. The average molecular weight is 565 g/mol. The molecule has 3 aromatic rings. The summed E-state index contributed by atoms with van der Waals surface area (Å²) in [5.41, 5.74) is -1.90. The van der Waals surface area contributed by atoms with Crippen molar-refractivity contribution in [3.05, 3.63) is 93.7 Å². The lowest BCUT2D eigenvalue weighted by molar-refractivity contribution is -0.103. The molecule has 4 rings (SSSR count). The van der Waals surface area contributed by atoms with Gasteiger partial charge in [-0.1, -0.05) is 36.4 Å². The summed E-state index contributed by atoms with van der Waals surface area (Å²) in [6.07, 6.45) is 1.84. The molecule has 11 heteroatoms. The fraction of sp³-hybridized carbons (Fsp3) is 0.367. The monoisotopic (exact) mass is 564 g/mol. The van der Waals surface area contributed by atoms with Gasteiger partial charge in [0.2, 0.25) is 5.75 Å². The summed E-state index contributed by atoms with van der Waals surface area (Å²) in [7, 11) is 0. The zero-order valence-electron chi connectivity index (χ0n) is 22.7. The Kier molecular flexibility index (Phi) is 9.99. The van der Waals surface area contributed by atoms with Crippen LogP contribution in [0.5, 0.6) is 5.75 Å². The van der Waals surface area contributed by atoms with Crippen LogP contribution in [-0.2, 0) is 19.8 Å². The molecule has 0 amide bonds. The van der Waals surface area contributed by atoms with Crippen LogP contribution in [0.4, 0.5) is 0 Å². The van der Waals surface area contributed by atoms with Crippen LogP contribution in [0.3, 0.4) is 0 Å². The third-order valence-corrected chi connectivity index (χ3v) is 6.86. The molecule has 0 spiro atoms. The van der Waals surface area contributed by atoms with Crippen LogP contribution in [0.15, 0.2) is 65.5 Å². The predicted molar refractivity (Wildman–Crippen MR) is 146 cm³/mol. The molecule has 11 nitrogen and oxygen atoms in total. The van der Waals surface area contributed by atoms with Gasteiger partial charge in [-0.15, -0.1) is 0 Å². The van der Waals surface area contributed by atoms with E-state index in [2.05, 4.69) is 9.97 Å². The Morgan fingerprint density at radius 1 is 0.902 bits per heavy atom. The Morgan fingerprint density at radius 3 is 2.10 bits per heavy atom. The molecule has 0 bridgehead atoms. The van der Waals surface area contributed by atoms with E-state index < -0.39 is 40.5 Å². The van der Waals surface area contributed by atoms with Gasteiger partial charge in [-0.3, -0.25) is 4.79 Å². The number of benzene rings is 2. The normalized spacial score (nSPS) is 18.3. The van der Waals surface area contributed by atoms with Gasteiger partial charge < -0.3 is 29.0 Å². The zero-order valence-corrected chi connectivity index (χ0v) is 22.7. The molecule has 2 N–H and O–H groups in total. The Balaban J connectivity index is 1.61. The number of H-pyrrole nitrogens is 1. The fourth-order valence-electron chi connectivity index (χ4n) is 4.64. The number of aliphatic hydroxyl groups is 1. The summed E-state index contributed by atoms with van der Waals surface area (Å²) in [4.78, 5) is 58.2. The summed E-state index contributed by atoms with van der Waals surface area (Å²) in [6.45, 7) is 1.50. The van der Waals surface area contributed by atoms with E-state index in [9.17, 15) is 24.3 Å². The SMILES string of the molecule is CCOC(=O)c1nc(C2(OCCOC(=O)c3ccccc3)CCC(CO)CC2)[nH]c(=O)c1OC(=O)c1ccccc1. The number of rotatable bonds is 11. The highest BCUT2D eigenvalue weighted by Crippen LogP contribution is 2.41. The van der Waals surface area contributed by atoms with Gasteiger partial charge in [0.15, 0.2) is 5.69 Å². The van der Waals surface area contributed by atoms with Crippen LogP contribution in [0.1, 0.15) is 69.6 Å². The van der Waals surface area contributed by atoms with Crippen molar-refractivity contribution in [2.75, 3.05) is 26.4 Å². The highest BCUT2D eigenvalue weighted by Gasteiger charge is 2.41. The first-order valence-electron chi connectivity index (χ1n) is 13.4. The quantitative estimate of drug-likeness (QED) is 0.262. The van der Waals surface area contributed by atoms with E-state index in [4.69, 9.17) is 18.9 Å². The summed E-state index contributed by atoms with van der Waals surface area (Å²) in [5, 5.41) is 9.67. The first-order chi connectivity index (χ1) is 19.9. The molecular weight excluding hydrogens is 532 g/mol. The maximum atomic E-state index is 13.3. The number of aliphatic hydroxyl groups excluding tert-OH is 1. The van der Waals surface area contributed by atoms with Gasteiger partial charge >= 0.3 is 17.9 Å². The third kappa shape index (κ3) is 7.24. The number of esters is 3. The number of hydrogen-bond donors (Lipinski definition) is 2. The number of carbonyl (C=O) groups excluding carboxylic acids is 3. The lowest BCUT2D eigenvalue weighted by Gasteiger charge is -2.38. The van der Waals surface area contributed by atoms with Crippen molar-refractivity contribution in [1.29, 1.82) is 0 Å². The molecule has 216 valence electrons. The van der Waals surface area contributed by atoms with Crippen molar-refractivity contribution in [3.8, 4) is 5.75 Å². The van der Waals surface area contributed by atoms with E-state index in [0.717, 1.165) is 0 Å². The maximum Gasteiger partial charge on any atom is 0.361 e. The highest BCUT2D eigenvalue weighted by atomic mass is 16.6.